The lowest BCUT2D eigenvalue weighted by atomic mass is 9.54. The van der Waals surface area contributed by atoms with E-state index in [1.165, 1.54) is 18.7 Å². The Hall–Kier alpha value is -2.65. The number of ether oxygens (including phenoxy) is 2. The molecule has 9 nitrogen and oxygen atoms in total. The summed E-state index contributed by atoms with van der Waals surface area (Å²) in [5.74, 6) is -1.90. The molecule has 2 fully saturated rings. The molecular formula is C22H30N2O7. The van der Waals surface area contributed by atoms with Crippen LogP contribution >= 0.6 is 0 Å². The first-order valence-electron chi connectivity index (χ1n) is 10.3. The van der Waals surface area contributed by atoms with Crippen LogP contribution in [0.5, 0.6) is 0 Å². The van der Waals surface area contributed by atoms with Crippen molar-refractivity contribution in [3.63, 3.8) is 0 Å². The van der Waals surface area contributed by atoms with Crippen molar-refractivity contribution in [1.82, 2.24) is 10.2 Å². The molecule has 1 saturated carbocycles. The molecule has 1 heterocycles. The Bertz CT molecular complexity index is 853. The van der Waals surface area contributed by atoms with Gasteiger partial charge in [0.1, 0.15) is 11.2 Å². The fourth-order valence-corrected chi connectivity index (χ4v) is 4.69. The number of esters is 1. The fraction of sp³-hybridized carbons (Fsp3) is 0.591. The van der Waals surface area contributed by atoms with E-state index in [-0.39, 0.29) is 6.54 Å². The Morgan fingerprint density at radius 1 is 1.16 bits per heavy atom. The normalized spacial score (nSPS) is 32.4. The highest BCUT2D eigenvalue weighted by Gasteiger charge is 2.73. The Balaban J connectivity index is 2.07. The summed E-state index contributed by atoms with van der Waals surface area (Å²) in [7, 11) is 0. The number of carbonyl (C=O) groups is 3. The van der Waals surface area contributed by atoms with Gasteiger partial charge >= 0.3 is 12.1 Å². The number of piperidine rings is 1. The Kier molecular flexibility index (Phi) is 6.03. The van der Waals surface area contributed by atoms with Gasteiger partial charge in [-0.3, -0.25) is 14.5 Å². The van der Waals surface area contributed by atoms with Gasteiger partial charge in [0.15, 0.2) is 6.10 Å². The zero-order chi connectivity index (χ0) is 23.1. The molecule has 170 valence electrons. The predicted octanol–water partition coefficient (Wildman–Crippen LogP) is 0.931. The van der Waals surface area contributed by atoms with Crippen LogP contribution in [0.1, 0.15) is 46.1 Å². The minimum atomic E-state index is -1.84. The monoisotopic (exact) mass is 434 g/mol. The number of benzene rings is 1. The largest absolute Gasteiger partial charge is 0.457 e. The molecule has 0 aromatic heterocycles. The number of aliphatic hydroxyl groups excluding tert-OH is 1. The Labute approximate surface area is 181 Å². The number of nitrogens with zero attached hydrogens (tertiary/aromatic N) is 1. The van der Waals surface area contributed by atoms with Crippen LogP contribution in [0.15, 0.2) is 30.3 Å². The standard InChI is InChI=1S/C22H30N2O7/c1-12(25)23-15-11-24(20(28)31-21(3,4)5)18-17(27)16(14-9-7-6-8-10-14)22(18,29)19(15)30-13(2)26/h6-10,15-19,27,29H,11H2,1-5H3,(H,23,25)/t15-,16?,17?,18+,19+,22+/m0/s1. The summed E-state index contributed by atoms with van der Waals surface area (Å²) in [6.45, 7) is 7.52. The zero-order valence-electron chi connectivity index (χ0n) is 18.4. The number of aliphatic hydroxyl groups is 2. The zero-order valence-corrected chi connectivity index (χ0v) is 18.4. The molecule has 1 aliphatic heterocycles. The van der Waals surface area contributed by atoms with E-state index in [1.54, 1.807) is 51.1 Å². The van der Waals surface area contributed by atoms with Gasteiger partial charge in [-0.15, -0.1) is 0 Å². The van der Waals surface area contributed by atoms with Crippen molar-refractivity contribution in [2.45, 2.75) is 76.0 Å². The van der Waals surface area contributed by atoms with E-state index in [9.17, 15) is 24.6 Å². The third-order valence-corrected chi connectivity index (χ3v) is 5.66. The molecule has 31 heavy (non-hydrogen) atoms. The number of amides is 2. The maximum atomic E-state index is 13.0. The van der Waals surface area contributed by atoms with Crippen molar-refractivity contribution in [2.75, 3.05) is 6.54 Å². The van der Waals surface area contributed by atoms with Crippen LogP contribution in [0.2, 0.25) is 0 Å². The summed E-state index contributed by atoms with van der Waals surface area (Å²) < 4.78 is 11.0. The van der Waals surface area contributed by atoms with Crippen molar-refractivity contribution in [3.8, 4) is 0 Å². The van der Waals surface area contributed by atoms with Crippen molar-refractivity contribution in [1.29, 1.82) is 0 Å². The van der Waals surface area contributed by atoms with Crippen molar-refractivity contribution >= 4 is 18.0 Å². The molecule has 1 saturated heterocycles. The molecule has 2 aliphatic rings. The van der Waals surface area contributed by atoms with Gasteiger partial charge in [0.05, 0.1) is 18.2 Å². The highest BCUT2D eigenvalue weighted by Crippen LogP contribution is 2.54. The minimum Gasteiger partial charge on any atom is -0.457 e. The second-order valence-electron chi connectivity index (χ2n) is 9.18. The number of hydrogen-bond donors (Lipinski definition) is 3. The minimum absolute atomic E-state index is 0.0992. The van der Waals surface area contributed by atoms with Gasteiger partial charge in [0.25, 0.3) is 0 Å². The van der Waals surface area contributed by atoms with E-state index < -0.39 is 59.4 Å². The summed E-state index contributed by atoms with van der Waals surface area (Å²) in [5.41, 5.74) is -2.02. The summed E-state index contributed by atoms with van der Waals surface area (Å²) in [6, 6.07) is 6.84. The summed E-state index contributed by atoms with van der Waals surface area (Å²) in [4.78, 5) is 37.9. The lowest BCUT2D eigenvalue weighted by Gasteiger charge is -2.65. The van der Waals surface area contributed by atoms with E-state index in [0.717, 1.165) is 0 Å². The molecule has 9 heteroatoms. The lowest BCUT2D eigenvalue weighted by Crippen LogP contribution is -2.85. The first-order valence-corrected chi connectivity index (χ1v) is 10.3. The van der Waals surface area contributed by atoms with Crippen LogP contribution in [-0.2, 0) is 19.1 Å². The second-order valence-corrected chi connectivity index (χ2v) is 9.18. The third kappa shape index (κ3) is 4.24. The van der Waals surface area contributed by atoms with Crippen LogP contribution in [0, 0.1) is 0 Å². The van der Waals surface area contributed by atoms with Crippen LogP contribution in [-0.4, -0.2) is 75.1 Å². The predicted molar refractivity (Wildman–Crippen MR) is 110 cm³/mol. The van der Waals surface area contributed by atoms with Gasteiger partial charge in [0.2, 0.25) is 5.91 Å². The van der Waals surface area contributed by atoms with Gasteiger partial charge in [0, 0.05) is 26.3 Å². The maximum Gasteiger partial charge on any atom is 0.410 e. The van der Waals surface area contributed by atoms with Crippen molar-refractivity contribution in [3.05, 3.63) is 35.9 Å². The average molecular weight is 434 g/mol. The molecule has 3 N–H and O–H groups in total. The topological polar surface area (TPSA) is 125 Å². The first-order chi connectivity index (χ1) is 14.4. The average Bonchev–Trinajstić information content (AvgIpc) is 2.63. The van der Waals surface area contributed by atoms with Crippen LogP contribution in [0.4, 0.5) is 4.79 Å². The quantitative estimate of drug-likeness (QED) is 0.605. The first kappa shape index (κ1) is 23.0. The number of fused-ring (bicyclic) bond motifs is 1. The lowest BCUT2D eigenvalue weighted by molar-refractivity contribution is -0.273. The van der Waals surface area contributed by atoms with Gasteiger partial charge in [-0.2, -0.15) is 0 Å². The SMILES string of the molecule is CC(=O)N[C@H]1CN(C(=O)OC(C)(C)C)[C@@H]2C(O)C(c3ccccc3)[C@]2(O)[C@@H]1OC(C)=O. The van der Waals surface area contributed by atoms with Gasteiger partial charge < -0.3 is 25.0 Å². The molecule has 0 radical (unpaired) electrons. The molecule has 0 spiro atoms. The number of likely N-dealkylation sites (tertiary alicyclic amines) is 1. The van der Waals surface area contributed by atoms with Gasteiger partial charge in [-0.1, -0.05) is 30.3 Å². The molecule has 6 atom stereocenters. The van der Waals surface area contributed by atoms with Crippen molar-refractivity contribution < 1.29 is 34.1 Å². The highest BCUT2D eigenvalue weighted by atomic mass is 16.6. The number of hydrogen-bond acceptors (Lipinski definition) is 7. The van der Waals surface area contributed by atoms with Crippen LogP contribution in [0.25, 0.3) is 0 Å². The smallest absolute Gasteiger partial charge is 0.410 e. The number of nitrogens with one attached hydrogen (secondary N) is 1. The van der Waals surface area contributed by atoms with E-state index >= 15 is 0 Å². The molecule has 1 aliphatic carbocycles. The van der Waals surface area contributed by atoms with E-state index in [2.05, 4.69) is 5.32 Å². The van der Waals surface area contributed by atoms with Gasteiger partial charge in [-0.25, -0.2) is 4.79 Å². The number of rotatable bonds is 3. The van der Waals surface area contributed by atoms with E-state index in [1.807, 2.05) is 0 Å². The molecule has 2 amide bonds. The highest BCUT2D eigenvalue weighted by molar-refractivity contribution is 5.75. The molecule has 1 aromatic rings. The number of carbonyl (C=O) groups excluding carboxylic acids is 3. The Morgan fingerprint density at radius 3 is 2.29 bits per heavy atom. The molecule has 1 aromatic carbocycles. The molecular weight excluding hydrogens is 404 g/mol. The summed E-state index contributed by atoms with van der Waals surface area (Å²) in [6.07, 6.45) is -3.04. The van der Waals surface area contributed by atoms with Crippen LogP contribution in [0.3, 0.4) is 0 Å². The maximum absolute atomic E-state index is 13.0. The summed E-state index contributed by atoms with van der Waals surface area (Å²) in [5, 5.41) is 25.6. The summed E-state index contributed by atoms with van der Waals surface area (Å²) >= 11 is 0. The second kappa shape index (κ2) is 8.12. The molecule has 2 unspecified atom stereocenters. The fourth-order valence-electron chi connectivity index (χ4n) is 4.69. The molecule has 3 rings (SSSR count). The molecule has 0 bridgehead atoms. The van der Waals surface area contributed by atoms with Crippen molar-refractivity contribution in [2.24, 2.45) is 0 Å². The van der Waals surface area contributed by atoms with E-state index in [4.69, 9.17) is 9.47 Å². The third-order valence-electron chi connectivity index (χ3n) is 5.66. The Morgan fingerprint density at radius 2 is 1.77 bits per heavy atom. The van der Waals surface area contributed by atoms with Crippen LogP contribution < -0.4 is 5.32 Å². The van der Waals surface area contributed by atoms with Gasteiger partial charge in [-0.05, 0) is 26.3 Å². The van der Waals surface area contributed by atoms with E-state index in [0.29, 0.717) is 5.56 Å².